The van der Waals surface area contributed by atoms with Gasteiger partial charge in [-0.15, -0.1) is 0 Å². The van der Waals surface area contributed by atoms with Crippen LogP contribution in [-0.4, -0.2) is 11.7 Å². The van der Waals surface area contributed by atoms with E-state index in [4.69, 9.17) is 5.41 Å². The summed E-state index contributed by atoms with van der Waals surface area (Å²) in [5, 5.41) is 6.52. The van der Waals surface area contributed by atoms with Gasteiger partial charge in [-0.05, 0) is 30.1 Å². The van der Waals surface area contributed by atoms with Crippen LogP contribution in [0.25, 0.3) is 0 Å². The second kappa shape index (κ2) is 3.60. The van der Waals surface area contributed by atoms with E-state index >= 15 is 0 Å². The number of rotatable bonds is 2. The van der Waals surface area contributed by atoms with Gasteiger partial charge in [0, 0.05) is 11.6 Å². The number of ketones is 1. The third-order valence-electron chi connectivity index (χ3n) is 1.33. The molecule has 60 valence electrons. The van der Waals surface area contributed by atoms with Crippen LogP contribution in [0.2, 0.25) is 0 Å². The summed E-state index contributed by atoms with van der Waals surface area (Å²) in [5.74, 6) is 1.14. The molecular formula is C9H6FNO. The van der Waals surface area contributed by atoms with Crippen LogP contribution in [0.4, 0.5) is 4.39 Å². The Labute approximate surface area is 68.8 Å². The molecule has 0 bridgehead atoms. The highest BCUT2D eigenvalue weighted by molar-refractivity contribution is 6.08. The molecule has 0 amide bonds. The molecule has 0 unspecified atom stereocenters. The van der Waals surface area contributed by atoms with Gasteiger partial charge in [0.2, 0.25) is 0 Å². The Balaban J connectivity index is 2.97. The van der Waals surface area contributed by atoms with Crippen LogP contribution in [-0.2, 0) is 0 Å². The second-order valence-corrected chi connectivity index (χ2v) is 2.16. The number of carbonyl (C=O) groups is 1. The molecule has 1 N–H and O–H groups in total. The van der Waals surface area contributed by atoms with Crippen LogP contribution in [0.5, 0.6) is 0 Å². The van der Waals surface area contributed by atoms with Gasteiger partial charge in [-0.3, -0.25) is 10.2 Å². The lowest BCUT2D eigenvalue weighted by Gasteiger charge is -1.92. The molecule has 0 saturated heterocycles. The molecule has 1 aromatic rings. The highest BCUT2D eigenvalue weighted by Gasteiger charge is 2.00. The quantitative estimate of drug-likeness (QED) is 0.403. The zero-order valence-corrected chi connectivity index (χ0v) is 6.17. The minimum absolute atomic E-state index is 0.343. The molecule has 0 aliphatic carbocycles. The summed E-state index contributed by atoms with van der Waals surface area (Å²) >= 11 is 0. The minimum Gasteiger partial charge on any atom is -0.289 e. The predicted octanol–water partition coefficient (Wildman–Crippen LogP) is 1.81. The molecule has 0 atom stereocenters. The van der Waals surface area contributed by atoms with Gasteiger partial charge in [-0.1, -0.05) is 0 Å². The van der Waals surface area contributed by atoms with E-state index in [1.54, 1.807) is 0 Å². The van der Waals surface area contributed by atoms with Gasteiger partial charge in [-0.25, -0.2) is 4.39 Å². The third kappa shape index (κ3) is 1.87. The first-order chi connectivity index (χ1) is 5.74. The van der Waals surface area contributed by atoms with Gasteiger partial charge in [0.05, 0.1) is 0 Å². The van der Waals surface area contributed by atoms with Crippen LogP contribution in [0.15, 0.2) is 30.3 Å². The van der Waals surface area contributed by atoms with Gasteiger partial charge in [0.25, 0.3) is 0 Å². The number of allylic oxidation sites excluding steroid dienone is 1. The van der Waals surface area contributed by atoms with Crippen LogP contribution in [0.3, 0.4) is 0 Å². The van der Waals surface area contributed by atoms with Crippen molar-refractivity contribution in [2.45, 2.75) is 0 Å². The number of carbonyl (C=O) groups excluding carboxylic acids is 1. The van der Waals surface area contributed by atoms with E-state index in [1.807, 2.05) is 5.87 Å². The fourth-order valence-corrected chi connectivity index (χ4v) is 0.763. The zero-order chi connectivity index (χ0) is 8.97. The monoisotopic (exact) mass is 163 g/mol. The number of benzene rings is 1. The molecule has 0 radical (unpaired) electrons. The van der Waals surface area contributed by atoms with Crippen LogP contribution >= 0.6 is 0 Å². The highest BCUT2D eigenvalue weighted by Crippen LogP contribution is 2.03. The van der Waals surface area contributed by atoms with Gasteiger partial charge in [-0.2, -0.15) is 0 Å². The van der Waals surface area contributed by atoms with E-state index in [-0.39, 0.29) is 11.6 Å². The highest BCUT2D eigenvalue weighted by atomic mass is 19.1. The number of hydrogen-bond acceptors (Lipinski definition) is 2. The van der Waals surface area contributed by atoms with Crippen LogP contribution in [0.1, 0.15) is 10.4 Å². The average molecular weight is 163 g/mol. The van der Waals surface area contributed by atoms with E-state index in [1.165, 1.54) is 24.3 Å². The Hall–Kier alpha value is -1.73. The molecule has 1 aromatic carbocycles. The SMILES string of the molecule is N=C=CC(=O)c1ccc(F)cc1. The van der Waals surface area contributed by atoms with E-state index in [0.717, 1.165) is 6.08 Å². The van der Waals surface area contributed by atoms with Crippen molar-refractivity contribution in [3.63, 3.8) is 0 Å². The third-order valence-corrected chi connectivity index (χ3v) is 1.33. The maximum Gasteiger partial charge on any atom is 0.195 e. The normalized spacial score (nSPS) is 8.75. The fourth-order valence-electron chi connectivity index (χ4n) is 0.763. The smallest absolute Gasteiger partial charge is 0.195 e. The summed E-state index contributed by atoms with van der Waals surface area (Å²) in [7, 11) is 0. The molecular weight excluding hydrogens is 157 g/mol. The van der Waals surface area contributed by atoms with E-state index < -0.39 is 0 Å². The van der Waals surface area contributed by atoms with Crippen molar-refractivity contribution in [3.8, 4) is 0 Å². The molecule has 0 heterocycles. The average Bonchev–Trinajstić information content (AvgIpc) is 2.06. The van der Waals surface area contributed by atoms with Gasteiger partial charge < -0.3 is 0 Å². The maximum absolute atomic E-state index is 12.4. The van der Waals surface area contributed by atoms with E-state index in [9.17, 15) is 9.18 Å². The van der Waals surface area contributed by atoms with Gasteiger partial charge in [0.1, 0.15) is 5.82 Å². The van der Waals surface area contributed by atoms with E-state index in [0.29, 0.717) is 5.56 Å². The Morgan fingerprint density at radius 3 is 2.50 bits per heavy atom. The lowest BCUT2D eigenvalue weighted by atomic mass is 10.1. The zero-order valence-electron chi connectivity index (χ0n) is 6.17. The summed E-state index contributed by atoms with van der Waals surface area (Å²) in [5.41, 5.74) is 0.358. The van der Waals surface area contributed by atoms with Gasteiger partial charge in [0.15, 0.2) is 5.78 Å². The molecule has 0 aliphatic heterocycles. The first-order valence-corrected chi connectivity index (χ1v) is 3.29. The summed E-state index contributed by atoms with van der Waals surface area (Å²) in [4.78, 5) is 11.0. The molecule has 2 nitrogen and oxygen atoms in total. The molecule has 3 heteroatoms. The van der Waals surface area contributed by atoms with Crippen LogP contribution < -0.4 is 0 Å². The molecule has 0 aromatic heterocycles. The molecule has 12 heavy (non-hydrogen) atoms. The second-order valence-electron chi connectivity index (χ2n) is 2.16. The Morgan fingerprint density at radius 2 is 2.00 bits per heavy atom. The number of hydrogen-bond donors (Lipinski definition) is 1. The summed E-state index contributed by atoms with van der Waals surface area (Å²) in [6.45, 7) is 0. The molecule has 0 saturated carbocycles. The number of nitrogens with one attached hydrogen (secondary N) is 1. The summed E-state index contributed by atoms with van der Waals surface area (Å²) < 4.78 is 12.4. The number of halogens is 1. The first kappa shape index (κ1) is 8.37. The Bertz CT molecular complexity index is 336. The van der Waals surface area contributed by atoms with Crippen molar-refractivity contribution in [2.24, 2.45) is 0 Å². The Morgan fingerprint density at radius 1 is 1.42 bits per heavy atom. The Kier molecular flexibility index (Phi) is 2.51. The lowest BCUT2D eigenvalue weighted by molar-refractivity contribution is 0.104. The standard InChI is InChI=1S/C9H6FNO/c10-8-3-1-7(2-4-8)9(12)5-6-11/h1-5,11H. The van der Waals surface area contributed by atoms with Crippen molar-refractivity contribution < 1.29 is 9.18 Å². The van der Waals surface area contributed by atoms with Crippen molar-refractivity contribution in [1.82, 2.24) is 0 Å². The molecule has 0 fully saturated rings. The largest absolute Gasteiger partial charge is 0.289 e. The van der Waals surface area contributed by atoms with Gasteiger partial charge >= 0.3 is 0 Å². The molecule has 0 spiro atoms. The summed E-state index contributed by atoms with van der Waals surface area (Å²) in [6.07, 6.45) is 0.993. The fraction of sp³-hybridized carbons (Fsp3) is 0. The van der Waals surface area contributed by atoms with E-state index in [2.05, 4.69) is 0 Å². The first-order valence-electron chi connectivity index (χ1n) is 3.29. The molecule has 0 aliphatic rings. The predicted molar refractivity (Wildman–Crippen MR) is 43.0 cm³/mol. The van der Waals surface area contributed by atoms with Crippen molar-refractivity contribution in [3.05, 3.63) is 41.7 Å². The van der Waals surface area contributed by atoms with Crippen molar-refractivity contribution in [2.75, 3.05) is 0 Å². The maximum atomic E-state index is 12.4. The van der Waals surface area contributed by atoms with Crippen molar-refractivity contribution in [1.29, 1.82) is 5.41 Å². The lowest BCUT2D eigenvalue weighted by Crippen LogP contribution is -1.93. The topological polar surface area (TPSA) is 40.9 Å². The summed E-state index contributed by atoms with van der Waals surface area (Å²) in [6, 6.07) is 5.13. The van der Waals surface area contributed by atoms with Crippen LogP contribution in [0, 0.1) is 11.2 Å². The molecule has 1 rings (SSSR count). The minimum atomic E-state index is -0.384. The van der Waals surface area contributed by atoms with Crippen molar-refractivity contribution >= 4 is 11.7 Å².